The van der Waals surface area contributed by atoms with Crippen LogP contribution in [0.2, 0.25) is 5.04 Å². The second-order valence-corrected chi connectivity index (χ2v) is 19.1. The monoisotopic (exact) mass is 745 g/mol. The average Bonchev–Trinajstić information content (AvgIpc) is 3.15. The minimum absolute atomic E-state index is 0.0438. The van der Waals surface area contributed by atoms with Crippen LogP contribution in [-0.4, -0.2) is 94.2 Å². The Morgan fingerprint density at radius 2 is 0.654 bits per heavy atom. The minimum Gasteiger partial charge on any atom is -0.405 e. The summed E-state index contributed by atoms with van der Waals surface area (Å²) in [6.45, 7) is 16.7. The first-order valence-corrected chi connectivity index (χ1v) is 22.6. The van der Waals surface area contributed by atoms with Gasteiger partial charge >= 0.3 is 0 Å². The van der Waals surface area contributed by atoms with E-state index in [9.17, 15) is 0 Å². The van der Waals surface area contributed by atoms with Crippen molar-refractivity contribution < 1.29 is 32.8 Å². The quantitative estimate of drug-likeness (QED) is 0.0510. The van der Waals surface area contributed by atoms with Crippen LogP contribution in [0.4, 0.5) is 0 Å². The number of unbranched alkanes of at least 4 members (excludes halogenated alkanes) is 13. The van der Waals surface area contributed by atoms with E-state index < -0.39 is 8.32 Å². The number of rotatable bonds is 36. The van der Waals surface area contributed by atoms with E-state index in [4.69, 9.17) is 32.8 Å². The Kier molecular flexibility index (Phi) is 28.4. The van der Waals surface area contributed by atoms with Gasteiger partial charge in [-0.15, -0.1) is 0 Å². The molecule has 0 amide bonds. The van der Waals surface area contributed by atoms with Gasteiger partial charge in [-0.25, -0.2) is 0 Å². The van der Waals surface area contributed by atoms with Crippen LogP contribution in [-0.2, 0) is 32.8 Å². The van der Waals surface area contributed by atoms with Crippen molar-refractivity contribution in [1.29, 1.82) is 0 Å². The highest BCUT2D eigenvalue weighted by molar-refractivity contribution is 6.99. The Labute approximate surface area is 319 Å². The van der Waals surface area contributed by atoms with Gasteiger partial charge in [-0.05, 0) is 21.8 Å². The zero-order valence-electron chi connectivity index (χ0n) is 33.7. The van der Waals surface area contributed by atoms with Gasteiger partial charge in [-0.2, -0.15) is 0 Å². The number of hydrogen-bond donors (Lipinski definition) is 0. The van der Waals surface area contributed by atoms with Crippen LogP contribution in [0, 0.1) is 0 Å². The predicted molar refractivity (Wildman–Crippen MR) is 219 cm³/mol. The zero-order valence-corrected chi connectivity index (χ0v) is 34.7. The van der Waals surface area contributed by atoms with Crippen molar-refractivity contribution in [2.24, 2.45) is 0 Å². The fraction of sp³-hybridized carbons (Fsp3) is 0.727. The molecule has 0 aliphatic heterocycles. The molecular weight excluding hydrogens is 669 g/mol. The van der Waals surface area contributed by atoms with E-state index in [2.05, 4.69) is 88.4 Å². The van der Waals surface area contributed by atoms with Crippen molar-refractivity contribution in [2.75, 3.05) is 85.9 Å². The molecule has 0 unspecified atom stereocenters. The Hall–Kier alpha value is -1.62. The van der Waals surface area contributed by atoms with Crippen LogP contribution in [0.3, 0.4) is 0 Å². The maximum Gasteiger partial charge on any atom is 0.261 e. The molecule has 0 bridgehead atoms. The normalized spacial score (nSPS) is 12.2. The molecule has 2 aromatic carbocycles. The molecule has 298 valence electrons. The van der Waals surface area contributed by atoms with Crippen molar-refractivity contribution in [1.82, 2.24) is 0 Å². The summed E-state index contributed by atoms with van der Waals surface area (Å²) < 4.78 is 40.9. The smallest absolute Gasteiger partial charge is 0.261 e. The van der Waals surface area contributed by atoms with Gasteiger partial charge in [0.05, 0.1) is 79.3 Å². The highest BCUT2D eigenvalue weighted by Gasteiger charge is 2.50. The van der Waals surface area contributed by atoms with Crippen molar-refractivity contribution in [2.45, 2.75) is 123 Å². The molecule has 0 N–H and O–H groups in total. The maximum absolute atomic E-state index is 6.86. The van der Waals surface area contributed by atoms with Gasteiger partial charge in [0.15, 0.2) is 0 Å². The predicted octanol–water partition coefficient (Wildman–Crippen LogP) is 9.14. The number of benzene rings is 2. The largest absolute Gasteiger partial charge is 0.405 e. The van der Waals surface area contributed by atoms with Crippen molar-refractivity contribution in [3.05, 3.63) is 60.7 Å². The average molecular weight is 745 g/mol. The molecule has 2 rings (SSSR count). The highest BCUT2D eigenvalue weighted by atomic mass is 28.4. The van der Waals surface area contributed by atoms with Gasteiger partial charge in [0.25, 0.3) is 8.32 Å². The molecule has 0 spiro atoms. The third-order valence-electron chi connectivity index (χ3n) is 9.47. The molecule has 2 aromatic rings. The molecule has 0 fully saturated rings. The summed E-state index contributed by atoms with van der Waals surface area (Å²) >= 11 is 0. The summed E-state index contributed by atoms with van der Waals surface area (Å²) in [5.74, 6) is 0. The molecule has 0 aromatic heterocycles. The van der Waals surface area contributed by atoms with E-state index in [0.29, 0.717) is 79.3 Å². The van der Waals surface area contributed by atoms with E-state index >= 15 is 0 Å². The molecule has 0 aliphatic carbocycles. The molecule has 0 radical (unpaired) electrons. The van der Waals surface area contributed by atoms with E-state index in [1.54, 1.807) is 0 Å². The third-order valence-corrected chi connectivity index (χ3v) is 14.5. The Balaban J connectivity index is 1.32. The maximum atomic E-state index is 6.86. The number of ether oxygens (including phenoxy) is 6. The van der Waals surface area contributed by atoms with Crippen LogP contribution in [0.5, 0.6) is 0 Å². The molecular formula is C44H76O7Si. The molecule has 0 saturated heterocycles. The molecule has 52 heavy (non-hydrogen) atoms. The van der Waals surface area contributed by atoms with Gasteiger partial charge in [0.2, 0.25) is 0 Å². The lowest BCUT2D eigenvalue weighted by molar-refractivity contribution is -0.0180. The standard InChI is InChI=1S/C44H76O7Si/c1-5-6-7-8-9-10-11-12-13-14-15-16-17-24-29-45-30-31-46-32-33-47-34-35-48-36-37-49-38-39-50-40-41-51-52(44(2,3)4,42-25-20-18-21-26-42)43-27-22-19-23-28-43/h18-23,25-28H,5-17,24,29-41H2,1-4H3. The lowest BCUT2D eigenvalue weighted by Crippen LogP contribution is -2.66. The van der Waals surface area contributed by atoms with E-state index in [-0.39, 0.29) is 5.04 Å². The first kappa shape index (κ1) is 46.5. The lowest BCUT2D eigenvalue weighted by Gasteiger charge is -2.43. The summed E-state index contributed by atoms with van der Waals surface area (Å²) in [5.41, 5.74) is 0. The second-order valence-electron chi connectivity index (χ2n) is 14.8. The van der Waals surface area contributed by atoms with Crippen LogP contribution in [0.25, 0.3) is 0 Å². The third kappa shape index (κ3) is 21.3. The Bertz CT molecular complexity index is 994. The van der Waals surface area contributed by atoms with Crippen molar-refractivity contribution >= 4 is 18.7 Å². The first-order valence-electron chi connectivity index (χ1n) is 20.7. The highest BCUT2D eigenvalue weighted by Crippen LogP contribution is 2.36. The van der Waals surface area contributed by atoms with Crippen molar-refractivity contribution in [3.63, 3.8) is 0 Å². The van der Waals surface area contributed by atoms with Crippen LogP contribution >= 0.6 is 0 Å². The van der Waals surface area contributed by atoms with Crippen LogP contribution in [0.15, 0.2) is 60.7 Å². The van der Waals surface area contributed by atoms with Crippen LogP contribution in [0.1, 0.15) is 118 Å². The molecule has 8 heteroatoms. The zero-order chi connectivity index (χ0) is 37.3. The van der Waals surface area contributed by atoms with Gasteiger partial charge in [-0.3, -0.25) is 0 Å². The molecule has 0 atom stereocenters. The fourth-order valence-electron chi connectivity index (χ4n) is 6.62. The van der Waals surface area contributed by atoms with Gasteiger partial charge in [0.1, 0.15) is 0 Å². The lowest BCUT2D eigenvalue weighted by atomic mass is 10.0. The molecule has 7 nitrogen and oxygen atoms in total. The van der Waals surface area contributed by atoms with E-state index in [1.165, 1.54) is 93.8 Å². The van der Waals surface area contributed by atoms with E-state index in [0.717, 1.165) is 13.0 Å². The summed E-state index contributed by atoms with van der Waals surface area (Å²) in [4.78, 5) is 0. The van der Waals surface area contributed by atoms with Gasteiger partial charge < -0.3 is 32.8 Å². The van der Waals surface area contributed by atoms with E-state index in [1.807, 2.05) is 0 Å². The number of hydrogen-bond acceptors (Lipinski definition) is 7. The van der Waals surface area contributed by atoms with Gasteiger partial charge in [0, 0.05) is 6.61 Å². The Morgan fingerprint density at radius 1 is 0.365 bits per heavy atom. The molecule has 0 aliphatic rings. The fourth-order valence-corrected chi connectivity index (χ4v) is 11.2. The summed E-state index contributed by atoms with van der Waals surface area (Å²) in [6, 6.07) is 21.4. The summed E-state index contributed by atoms with van der Waals surface area (Å²) in [5, 5.41) is 2.52. The summed E-state index contributed by atoms with van der Waals surface area (Å²) in [7, 11) is -2.52. The van der Waals surface area contributed by atoms with Gasteiger partial charge in [-0.1, -0.05) is 172 Å². The summed E-state index contributed by atoms with van der Waals surface area (Å²) in [6.07, 6.45) is 19.3. The second kappa shape index (κ2) is 31.7. The topological polar surface area (TPSA) is 64.6 Å². The minimum atomic E-state index is -2.52. The molecule has 0 saturated carbocycles. The van der Waals surface area contributed by atoms with Crippen LogP contribution < -0.4 is 10.4 Å². The Morgan fingerprint density at radius 3 is 0.981 bits per heavy atom. The SMILES string of the molecule is CCCCCCCCCCCCCCCCOCCOCCOCCOCCOCCOCCO[Si](c1ccccc1)(c1ccccc1)C(C)(C)C. The molecule has 0 heterocycles. The van der Waals surface area contributed by atoms with Crippen molar-refractivity contribution in [3.8, 4) is 0 Å². The first-order chi connectivity index (χ1) is 25.5.